The second-order valence-electron chi connectivity index (χ2n) is 7.55. The van der Waals surface area contributed by atoms with Crippen LogP contribution in [-0.2, 0) is 17.1 Å². The average molecular weight is 455 g/mol. The maximum Gasteiger partial charge on any atom is 0.237 e. The predicted octanol–water partition coefficient (Wildman–Crippen LogP) is 6.02. The van der Waals surface area contributed by atoms with Crippen LogP contribution in [0, 0.1) is 20.8 Å². The van der Waals surface area contributed by atoms with E-state index in [1.807, 2.05) is 25.1 Å². The van der Waals surface area contributed by atoms with Crippen LogP contribution in [0.25, 0.3) is 0 Å². The Bertz CT molecular complexity index is 1030. The summed E-state index contributed by atoms with van der Waals surface area (Å²) in [5, 5.41) is 12.4. The highest BCUT2D eigenvalue weighted by atomic mass is 32.2. The highest BCUT2D eigenvalue weighted by Gasteiger charge is 2.22. The second-order valence-corrected chi connectivity index (χ2v) is 9.77. The lowest BCUT2D eigenvalue weighted by atomic mass is 10.1. The molecule has 31 heavy (non-hydrogen) atoms. The molecule has 0 saturated heterocycles. The largest absolute Gasteiger partial charge is 0.325 e. The molecule has 1 heterocycles. The molecule has 0 radical (unpaired) electrons. The van der Waals surface area contributed by atoms with Crippen molar-refractivity contribution >= 4 is 35.1 Å². The van der Waals surface area contributed by atoms with Gasteiger partial charge in [-0.25, -0.2) is 0 Å². The van der Waals surface area contributed by atoms with Gasteiger partial charge < -0.3 is 9.88 Å². The zero-order valence-corrected chi connectivity index (χ0v) is 20.4. The van der Waals surface area contributed by atoms with Crippen molar-refractivity contribution in [3.8, 4) is 0 Å². The van der Waals surface area contributed by atoms with Gasteiger partial charge in [0.15, 0.2) is 5.16 Å². The molecule has 1 N–H and O–H groups in total. The number of thioether (sulfide) groups is 2. The summed E-state index contributed by atoms with van der Waals surface area (Å²) in [6.07, 6.45) is 0.714. The first-order chi connectivity index (χ1) is 14.9. The highest BCUT2D eigenvalue weighted by Crippen LogP contribution is 2.28. The number of rotatable bonds is 9. The van der Waals surface area contributed by atoms with E-state index in [9.17, 15) is 4.79 Å². The highest BCUT2D eigenvalue weighted by molar-refractivity contribution is 8.00. The van der Waals surface area contributed by atoms with E-state index in [0.717, 1.165) is 29.0 Å². The van der Waals surface area contributed by atoms with Crippen LogP contribution in [0.5, 0.6) is 0 Å². The van der Waals surface area contributed by atoms with Gasteiger partial charge in [-0.2, -0.15) is 0 Å². The third kappa shape index (κ3) is 6.14. The van der Waals surface area contributed by atoms with Gasteiger partial charge in [0.2, 0.25) is 5.91 Å². The zero-order valence-electron chi connectivity index (χ0n) is 18.8. The molecule has 1 amide bonds. The molecule has 3 aromatic rings. The third-order valence-electron chi connectivity index (χ3n) is 5.18. The molecule has 7 heteroatoms. The molecule has 1 atom stereocenters. The molecule has 0 spiro atoms. The second kappa shape index (κ2) is 10.9. The average Bonchev–Trinajstić information content (AvgIpc) is 3.15. The van der Waals surface area contributed by atoms with Gasteiger partial charge >= 0.3 is 0 Å². The van der Waals surface area contributed by atoms with E-state index in [1.54, 1.807) is 11.8 Å². The molecule has 1 aromatic heterocycles. The van der Waals surface area contributed by atoms with Crippen molar-refractivity contribution in [2.24, 2.45) is 0 Å². The fourth-order valence-corrected chi connectivity index (χ4v) is 4.98. The minimum Gasteiger partial charge on any atom is -0.325 e. The van der Waals surface area contributed by atoms with Crippen LogP contribution in [0.1, 0.15) is 42.8 Å². The predicted molar refractivity (Wildman–Crippen MR) is 131 cm³/mol. The normalized spacial score (nSPS) is 12.0. The van der Waals surface area contributed by atoms with Gasteiger partial charge in [0.05, 0.1) is 11.0 Å². The Labute approximate surface area is 193 Å². The van der Waals surface area contributed by atoms with Gasteiger partial charge in [-0.3, -0.25) is 4.79 Å². The summed E-state index contributed by atoms with van der Waals surface area (Å²) in [7, 11) is 0. The fourth-order valence-electron chi connectivity index (χ4n) is 3.10. The number of aryl methyl sites for hydroxylation is 3. The Kier molecular flexibility index (Phi) is 8.21. The van der Waals surface area contributed by atoms with Crippen LogP contribution in [0.2, 0.25) is 0 Å². The van der Waals surface area contributed by atoms with Crippen molar-refractivity contribution in [3.63, 3.8) is 0 Å². The van der Waals surface area contributed by atoms with Crippen LogP contribution in [-0.4, -0.2) is 25.9 Å². The number of benzene rings is 2. The summed E-state index contributed by atoms with van der Waals surface area (Å²) in [5.41, 5.74) is 4.47. The van der Waals surface area contributed by atoms with E-state index >= 15 is 0 Å². The number of aromatic nitrogens is 3. The SMILES string of the molecule is CCC(Sc1nnc(CSc2ccc(C)cc2)n1CC)C(=O)Nc1ccc(C)c(C)c1. The van der Waals surface area contributed by atoms with Gasteiger partial charge in [0.1, 0.15) is 5.82 Å². The van der Waals surface area contributed by atoms with Crippen molar-refractivity contribution in [2.45, 2.75) is 68.6 Å². The van der Waals surface area contributed by atoms with Gasteiger partial charge in [0, 0.05) is 17.1 Å². The summed E-state index contributed by atoms with van der Waals surface area (Å²) in [6, 6.07) is 14.5. The summed E-state index contributed by atoms with van der Waals surface area (Å²) < 4.78 is 2.11. The van der Waals surface area contributed by atoms with Gasteiger partial charge in [0.25, 0.3) is 0 Å². The van der Waals surface area contributed by atoms with Crippen molar-refractivity contribution in [2.75, 3.05) is 5.32 Å². The van der Waals surface area contributed by atoms with E-state index in [1.165, 1.54) is 33.3 Å². The van der Waals surface area contributed by atoms with Gasteiger partial charge in [-0.15, -0.1) is 22.0 Å². The van der Waals surface area contributed by atoms with Crippen LogP contribution < -0.4 is 5.32 Å². The van der Waals surface area contributed by atoms with E-state index in [4.69, 9.17) is 0 Å². The van der Waals surface area contributed by atoms with Crippen LogP contribution in [0.15, 0.2) is 52.5 Å². The minimum absolute atomic E-state index is 0.00279. The van der Waals surface area contributed by atoms with Crippen molar-refractivity contribution in [1.29, 1.82) is 0 Å². The molecular weight excluding hydrogens is 424 g/mol. The molecule has 0 aliphatic rings. The van der Waals surface area contributed by atoms with Gasteiger partial charge in [-0.1, -0.05) is 42.4 Å². The Morgan fingerprint density at radius 2 is 1.77 bits per heavy atom. The van der Waals surface area contributed by atoms with Crippen LogP contribution in [0.3, 0.4) is 0 Å². The molecule has 3 rings (SSSR count). The monoisotopic (exact) mass is 454 g/mol. The number of carbonyl (C=O) groups is 1. The van der Waals surface area contributed by atoms with E-state index < -0.39 is 0 Å². The van der Waals surface area contributed by atoms with Crippen molar-refractivity contribution in [1.82, 2.24) is 14.8 Å². The molecule has 1 unspecified atom stereocenters. The topological polar surface area (TPSA) is 59.8 Å². The number of nitrogens with one attached hydrogen (secondary N) is 1. The van der Waals surface area contributed by atoms with Crippen molar-refractivity contribution in [3.05, 3.63) is 65.0 Å². The molecular formula is C24H30N4OS2. The Balaban J connectivity index is 1.67. The molecule has 0 bridgehead atoms. The lowest BCUT2D eigenvalue weighted by Crippen LogP contribution is -2.25. The smallest absolute Gasteiger partial charge is 0.237 e. The number of hydrogen-bond donors (Lipinski definition) is 1. The lowest BCUT2D eigenvalue weighted by molar-refractivity contribution is -0.115. The van der Waals surface area contributed by atoms with E-state index in [-0.39, 0.29) is 11.2 Å². The Morgan fingerprint density at radius 1 is 1.03 bits per heavy atom. The Hall–Kier alpha value is -2.25. The minimum atomic E-state index is -0.228. The quantitative estimate of drug-likeness (QED) is 0.400. The fraction of sp³-hybridized carbons (Fsp3) is 0.375. The van der Waals surface area contributed by atoms with Crippen LogP contribution in [0.4, 0.5) is 5.69 Å². The summed E-state index contributed by atoms with van der Waals surface area (Å²) in [6.45, 7) is 11.1. The van der Waals surface area contributed by atoms with E-state index in [0.29, 0.717) is 6.42 Å². The number of hydrogen-bond acceptors (Lipinski definition) is 5. The number of amides is 1. The first-order valence-electron chi connectivity index (χ1n) is 10.6. The molecule has 164 valence electrons. The van der Waals surface area contributed by atoms with Crippen molar-refractivity contribution < 1.29 is 4.79 Å². The molecule has 0 aliphatic heterocycles. The molecule has 0 saturated carbocycles. The Morgan fingerprint density at radius 3 is 2.42 bits per heavy atom. The molecule has 0 fully saturated rings. The standard InChI is InChI=1S/C24H30N4OS2/c1-6-21(23(29)25-19-11-10-17(4)18(5)14-19)31-24-27-26-22(28(24)7-2)15-30-20-12-8-16(3)9-13-20/h8-14,21H,6-7,15H2,1-5H3,(H,25,29). The summed E-state index contributed by atoms with van der Waals surface area (Å²) in [5.74, 6) is 1.67. The summed E-state index contributed by atoms with van der Waals surface area (Å²) in [4.78, 5) is 14.1. The zero-order chi connectivity index (χ0) is 22.4. The third-order valence-corrected chi connectivity index (χ3v) is 7.54. The number of nitrogens with zero attached hydrogens (tertiary/aromatic N) is 3. The maximum atomic E-state index is 12.9. The molecule has 0 aliphatic carbocycles. The lowest BCUT2D eigenvalue weighted by Gasteiger charge is -2.15. The summed E-state index contributed by atoms with van der Waals surface area (Å²) >= 11 is 3.24. The number of carbonyl (C=O) groups excluding carboxylic acids is 1. The maximum absolute atomic E-state index is 12.9. The van der Waals surface area contributed by atoms with Crippen LogP contribution >= 0.6 is 23.5 Å². The number of anilines is 1. The molecule has 2 aromatic carbocycles. The molecule has 5 nitrogen and oxygen atoms in total. The van der Waals surface area contributed by atoms with Gasteiger partial charge in [-0.05, 0) is 69.5 Å². The first-order valence-corrected chi connectivity index (χ1v) is 12.4. The first kappa shape index (κ1) is 23.4. The van der Waals surface area contributed by atoms with E-state index in [2.05, 4.69) is 72.0 Å².